The lowest BCUT2D eigenvalue weighted by Crippen LogP contribution is -2.42. The molecule has 0 aliphatic carbocycles. The first-order valence-electron chi connectivity index (χ1n) is 10.5. The number of aryl methyl sites for hydroxylation is 1. The Bertz CT molecular complexity index is 1250. The fourth-order valence-electron chi connectivity index (χ4n) is 3.68. The Morgan fingerprint density at radius 2 is 2.03 bits per heavy atom. The first-order chi connectivity index (χ1) is 15.8. The minimum absolute atomic E-state index is 0.0262. The molecule has 0 aromatic carbocycles. The van der Waals surface area contributed by atoms with Gasteiger partial charge in [-0.15, -0.1) is 11.3 Å². The molecule has 0 saturated carbocycles. The molecule has 4 heterocycles. The number of amides is 1. The van der Waals surface area contributed by atoms with E-state index in [0.717, 1.165) is 40.6 Å². The second-order valence-corrected chi connectivity index (χ2v) is 11.2. The van der Waals surface area contributed by atoms with Gasteiger partial charge in [0, 0.05) is 38.7 Å². The second-order valence-electron chi connectivity index (χ2n) is 7.62. The van der Waals surface area contributed by atoms with Gasteiger partial charge in [-0.25, -0.2) is 23.1 Å². The molecule has 1 aliphatic rings. The number of oxazole rings is 1. The van der Waals surface area contributed by atoms with Crippen molar-refractivity contribution in [2.75, 3.05) is 30.4 Å². The van der Waals surface area contributed by atoms with Gasteiger partial charge < -0.3 is 14.6 Å². The molecule has 0 unspecified atom stereocenters. The summed E-state index contributed by atoms with van der Waals surface area (Å²) in [6.07, 6.45) is 5.23. The smallest absolute Gasteiger partial charge is 0.273 e. The first kappa shape index (κ1) is 23.5. The molecule has 33 heavy (non-hydrogen) atoms. The Labute approximate surface area is 201 Å². The molecule has 176 valence electrons. The summed E-state index contributed by atoms with van der Waals surface area (Å²) in [4.78, 5) is 23.6. The van der Waals surface area contributed by atoms with Crippen molar-refractivity contribution in [3.05, 3.63) is 40.7 Å². The summed E-state index contributed by atoms with van der Waals surface area (Å²) in [6.45, 7) is 3.15. The Hall–Kier alpha value is -2.63. The number of pyridine rings is 1. The van der Waals surface area contributed by atoms with Gasteiger partial charge in [0.15, 0.2) is 5.82 Å². The molecule has 4 rings (SSSR count). The normalized spacial score (nSPS) is 14.9. The average Bonchev–Trinajstić information content (AvgIpc) is 3.48. The van der Waals surface area contributed by atoms with Crippen molar-refractivity contribution in [2.24, 2.45) is 5.92 Å². The Morgan fingerprint density at radius 3 is 2.64 bits per heavy atom. The van der Waals surface area contributed by atoms with Gasteiger partial charge in [0.05, 0.1) is 21.8 Å². The van der Waals surface area contributed by atoms with Gasteiger partial charge in [-0.2, -0.15) is 0 Å². The number of nitrogens with zero attached hydrogens (tertiary/aromatic N) is 3. The van der Waals surface area contributed by atoms with Crippen molar-refractivity contribution >= 4 is 50.4 Å². The van der Waals surface area contributed by atoms with Crippen molar-refractivity contribution in [3.63, 3.8) is 0 Å². The molecule has 2 N–H and O–H groups in total. The van der Waals surface area contributed by atoms with E-state index in [9.17, 15) is 13.2 Å². The van der Waals surface area contributed by atoms with E-state index < -0.39 is 21.8 Å². The molecule has 12 heteroatoms. The topological polar surface area (TPSA) is 117 Å². The van der Waals surface area contributed by atoms with Crippen LogP contribution in [-0.2, 0) is 21.2 Å². The van der Waals surface area contributed by atoms with E-state index in [-0.39, 0.29) is 4.21 Å². The Kier molecular flexibility index (Phi) is 6.91. The van der Waals surface area contributed by atoms with E-state index in [1.54, 1.807) is 12.4 Å². The summed E-state index contributed by atoms with van der Waals surface area (Å²) in [5, 5.41) is 3.17. The minimum atomic E-state index is -3.91. The number of sulfonamides is 1. The van der Waals surface area contributed by atoms with E-state index in [2.05, 4.69) is 24.9 Å². The van der Waals surface area contributed by atoms with E-state index in [1.165, 1.54) is 12.1 Å². The number of hydrogen-bond donors (Lipinski definition) is 2. The molecule has 1 fully saturated rings. The SMILES string of the molecule is CCc1cnc(-c2cnc(N3CCC(C(=O)NS(=O)(=O)c4ccc(Cl)s4)CC3)c(NC)c2)o1. The van der Waals surface area contributed by atoms with Gasteiger partial charge in [0.25, 0.3) is 10.0 Å². The largest absolute Gasteiger partial charge is 0.441 e. The van der Waals surface area contributed by atoms with Crippen molar-refractivity contribution in [2.45, 2.75) is 30.4 Å². The lowest BCUT2D eigenvalue weighted by atomic mass is 9.96. The molecule has 0 bridgehead atoms. The fraction of sp³-hybridized carbons (Fsp3) is 0.381. The zero-order valence-electron chi connectivity index (χ0n) is 18.2. The predicted molar refractivity (Wildman–Crippen MR) is 128 cm³/mol. The highest BCUT2D eigenvalue weighted by Crippen LogP contribution is 2.32. The monoisotopic (exact) mass is 509 g/mol. The third-order valence-corrected chi connectivity index (χ3v) is 8.57. The van der Waals surface area contributed by atoms with Crippen LogP contribution < -0.4 is 14.9 Å². The van der Waals surface area contributed by atoms with Crippen LogP contribution in [0.15, 0.2) is 39.2 Å². The van der Waals surface area contributed by atoms with Crippen LogP contribution in [0.25, 0.3) is 11.5 Å². The lowest BCUT2D eigenvalue weighted by molar-refractivity contribution is -0.123. The predicted octanol–water partition coefficient (Wildman–Crippen LogP) is 3.78. The van der Waals surface area contributed by atoms with Gasteiger partial charge >= 0.3 is 0 Å². The highest BCUT2D eigenvalue weighted by atomic mass is 35.5. The van der Waals surface area contributed by atoms with Crippen molar-refractivity contribution < 1.29 is 17.6 Å². The number of hydrogen-bond acceptors (Lipinski definition) is 9. The summed E-state index contributed by atoms with van der Waals surface area (Å²) in [5.74, 6) is 1.20. The molecule has 1 saturated heterocycles. The molecular weight excluding hydrogens is 486 g/mol. The molecule has 1 aliphatic heterocycles. The Morgan fingerprint density at radius 1 is 1.27 bits per heavy atom. The molecule has 0 spiro atoms. The molecular formula is C21H24ClN5O4S2. The van der Waals surface area contributed by atoms with Gasteiger partial charge in [-0.1, -0.05) is 18.5 Å². The summed E-state index contributed by atoms with van der Waals surface area (Å²) < 4.78 is 33.1. The molecule has 0 radical (unpaired) electrons. The van der Waals surface area contributed by atoms with Crippen LogP contribution in [0, 0.1) is 5.92 Å². The first-order valence-corrected chi connectivity index (χ1v) is 13.2. The van der Waals surface area contributed by atoms with Crippen LogP contribution in [0.2, 0.25) is 4.34 Å². The lowest BCUT2D eigenvalue weighted by Gasteiger charge is -2.33. The summed E-state index contributed by atoms with van der Waals surface area (Å²) >= 11 is 6.73. The quantitative estimate of drug-likeness (QED) is 0.494. The second kappa shape index (κ2) is 9.70. The van der Waals surface area contributed by atoms with Crippen molar-refractivity contribution in [3.8, 4) is 11.5 Å². The van der Waals surface area contributed by atoms with Crippen LogP contribution in [-0.4, -0.2) is 44.4 Å². The molecule has 0 atom stereocenters. The van der Waals surface area contributed by atoms with E-state index in [4.69, 9.17) is 16.0 Å². The van der Waals surface area contributed by atoms with E-state index in [0.29, 0.717) is 36.2 Å². The van der Waals surface area contributed by atoms with Crippen LogP contribution in [0.3, 0.4) is 0 Å². The maximum atomic E-state index is 12.6. The standard InChI is InChI=1S/C21H24ClN5O4S2/c1-3-15-12-25-21(31-15)14-10-16(23-2)19(24-11-14)27-8-6-13(7-9-27)20(28)26-33(29,30)18-5-4-17(22)32-18/h4-5,10-13,23H,3,6-9H2,1-2H3,(H,26,28). The van der Waals surface area contributed by atoms with Crippen LogP contribution in [0.5, 0.6) is 0 Å². The highest BCUT2D eigenvalue weighted by molar-refractivity contribution is 7.92. The number of rotatable bonds is 7. The number of thiophene rings is 1. The minimum Gasteiger partial charge on any atom is -0.441 e. The van der Waals surface area contributed by atoms with Crippen molar-refractivity contribution in [1.29, 1.82) is 0 Å². The van der Waals surface area contributed by atoms with Crippen molar-refractivity contribution in [1.82, 2.24) is 14.7 Å². The van der Waals surface area contributed by atoms with E-state index in [1.807, 2.05) is 20.0 Å². The summed E-state index contributed by atoms with van der Waals surface area (Å²) in [7, 11) is -2.09. The zero-order chi connectivity index (χ0) is 23.6. The number of aromatic nitrogens is 2. The maximum Gasteiger partial charge on any atom is 0.273 e. The van der Waals surface area contributed by atoms with Crippen LogP contribution >= 0.6 is 22.9 Å². The molecule has 3 aromatic rings. The fourth-order valence-corrected chi connectivity index (χ4v) is 6.20. The van der Waals surface area contributed by atoms with Crippen LogP contribution in [0.4, 0.5) is 11.5 Å². The third kappa shape index (κ3) is 5.15. The molecule has 3 aromatic heterocycles. The van der Waals surface area contributed by atoms with E-state index >= 15 is 0 Å². The third-order valence-electron chi connectivity index (χ3n) is 5.50. The van der Waals surface area contributed by atoms with Crippen LogP contribution in [0.1, 0.15) is 25.5 Å². The summed E-state index contributed by atoms with van der Waals surface area (Å²) in [5.41, 5.74) is 1.60. The summed E-state index contributed by atoms with van der Waals surface area (Å²) in [6, 6.07) is 4.82. The average molecular weight is 510 g/mol. The molecule has 1 amide bonds. The number of halogens is 1. The number of piperidine rings is 1. The maximum absolute atomic E-state index is 12.6. The molecule has 9 nitrogen and oxygen atoms in total. The van der Waals surface area contributed by atoms with Gasteiger partial charge in [0.2, 0.25) is 11.8 Å². The van der Waals surface area contributed by atoms with Gasteiger partial charge in [0.1, 0.15) is 9.97 Å². The highest BCUT2D eigenvalue weighted by Gasteiger charge is 2.30. The Balaban J connectivity index is 1.41. The number of nitrogens with one attached hydrogen (secondary N) is 2. The number of carbonyl (C=O) groups is 1. The zero-order valence-corrected chi connectivity index (χ0v) is 20.6. The van der Waals surface area contributed by atoms with Gasteiger partial charge in [-0.3, -0.25) is 4.79 Å². The number of anilines is 2. The van der Waals surface area contributed by atoms with Gasteiger partial charge in [-0.05, 0) is 31.0 Å². The number of carbonyl (C=O) groups excluding carboxylic acids is 1.